The van der Waals surface area contributed by atoms with Crippen LogP contribution in [0.4, 0.5) is 5.95 Å². The van der Waals surface area contributed by atoms with E-state index in [1.54, 1.807) is 32.6 Å². The molecule has 0 bridgehead atoms. The van der Waals surface area contributed by atoms with Crippen molar-refractivity contribution in [2.24, 2.45) is 0 Å². The zero-order valence-corrected chi connectivity index (χ0v) is 11.9. The quantitative estimate of drug-likeness (QED) is 0.890. The van der Waals surface area contributed by atoms with E-state index in [0.717, 1.165) is 5.56 Å². The van der Waals surface area contributed by atoms with Crippen molar-refractivity contribution in [3.8, 4) is 23.1 Å². The van der Waals surface area contributed by atoms with Crippen molar-refractivity contribution in [3.63, 3.8) is 0 Å². The number of ether oxygens (including phenoxy) is 2. The molecule has 0 aliphatic heterocycles. The molecule has 0 atom stereocenters. The lowest BCUT2D eigenvalue weighted by molar-refractivity contribution is 0.222. The topological polar surface area (TPSA) is 82.1 Å². The number of hydrogen-bond acceptors (Lipinski definition) is 7. The van der Waals surface area contributed by atoms with E-state index < -0.39 is 0 Å². The molecule has 0 aromatic carbocycles. The van der Waals surface area contributed by atoms with Crippen molar-refractivity contribution >= 4 is 5.95 Å². The van der Waals surface area contributed by atoms with Crippen LogP contribution in [0.15, 0.2) is 18.5 Å². The summed E-state index contributed by atoms with van der Waals surface area (Å²) in [5, 5.41) is 2.89. The standard InChI is InChI=1S/C13H17N5O2/c1-8(2)20-13-17-11(16-12(14-3)18-13)9-5-10(19-4)7-15-6-9/h5-8H,1-4H3,(H,14,16,17,18). The second-order valence-corrected chi connectivity index (χ2v) is 4.30. The fourth-order valence-electron chi connectivity index (χ4n) is 1.51. The number of anilines is 1. The molecule has 106 valence electrons. The van der Waals surface area contributed by atoms with Gasteiger partial charge in [-0.2, -0.15) is 15.0 Å². The molecule has 0 aliphatic rings. The Balaban J connectivity index is 2.43. The van der Waals surface area contributed by atoms with Crippen LogP contribution in [-0.4, -0.2) is 40.2 Å². The molecule has 2 heterocycles. The van der Waals surface area contributed by atoms with E-state index in [-0.39, 0.29) is 12.1 Å². The summed E-state index contributed by atoms with van der Waals surface area (Å²) in [6.07, 6.45) is 3.27. The van der Waals surface area contributed by atoms with Crippen molar-refractivity contribution in [3.05, 3.63) is 18.5 Å². The molecule has 20 heavy (non-hydrogen) atoms. The zero-order valence-electron chi connectivity index (χ0n) is 11.9. The van der Waals surface area contributed by atoms with Crippen LogP contribution in [0.1, 0.15) is 13.8 Å². The highest BCUT2D eigenvalue weighted by Gasteiger charge is 2.11. The SMILES string of the molecule is CNc1nc(OC(C)C)nc(-c2cncc(OC)c2)n1. The fourth-order valence-corrected chi connectivity index (χ4v) is 1.51. The fraction of sp³-hybridized carbons (Fsp3) is 0.385. The third-order valence-corrected chi connectivity index (χ3v) is 2.39. The van der Waals surface area contributed by atoms with E-state index in [9.17, 15) is 0 Å². The van der Waals surface area contributed by atoms with Gasteiger partial charge in [0.2, 0.25) is 5.95 Å². The van der Waals surface area contributed by atoms with Gasteiger partial charge in [0.15, 0.2) is 5.82 Å². The van der Waals surface area contributed by atoms with Gasteiger partial charge in [-0.05, 0) is 19.9 Å². The molecule has 0 unspecified atom stereocenters. The highest BCUT2D eigenvalue weighted by Crippen LogP contribution is 2.21. The van der Waals surface area contributed by atoms with Gasteiger partial charge in [-0.15, -0.1) is 0 Å². The minimum Gasteiger partial charge on any atom is -0.495 e. The van der Waals surface area contributed by atoms with E-state index in [4.69, 9.17) is 9.47 Å². The van der Waals surface area contributed by atoms with Crippen LogP contribution in [0.25, 0.3) is 11.4 Å². The minimum absolute atomic E-state index is 0.0154. The maximum atomic E-state index is 5.52. The van der Waals surface area contributed by atoms with E-state index >= 15 is 0 Å². The minimum atomic E-state index is -0.0154. The molecule has 0 amide bonds. The normalized spacial score (nSPS) is 10.4. The van der Waals surface area contributed by atoms with E-state index in [1.807, 2.05) is 13.8 Å². The average molecular weight is 275 g/mol. The molecule has 0 spiro atoms. The van der Waals surface area contributed by atoms with Crippen molar-refractivity contribution in [1.82, 2.24) is 19.9 Å². The molecule has 2 rings (SSSR count). The maximum absolute atomic E-state index is 5.52. The van der Waals surface area contributed by atoms with Crippen molar-refractivity contribution in [2.75, 3.05) is 19.5 Å². The highest BCUT2D eigenvalue weighted by atomic mass is 16.5. The van der Waals surface area contributed by atoms with Gasteiger partial charge in [0.05, 0.1) is 19.4 Å². The molecule has 1 N–H and O–H groups in total. The zero-order chi connectivity index (χ0) is 14.5. The summed E-state index contributed by atoms with van der Waals surface area (Å²) >= 11 is 0. The predicted octanol–water partition coefficient (Wildman–Crippen LogP) is 1.77. The Labute approximate surface area is 117 Å². The highest BCUT2D eigenvalue weighted by molar-refractivity contribution is 5.57. The third-order valence-electron chi connectivity index (χ3n) is 2.39. The summed E-state index contributed by atoms with van der Waals surface area (Å²) in [7, 11) is 3.32. The Bertz CT molecular complexity index is 589. The molecule has 2 aromatic rings. The monoisotopic (exact) mass is 275 g/mol. The molecule has 7 nitrogen and oxygen atoms in total. The third kappa shape index (κ3) is 3.31. The number of aromatic nitrogens is 4. The van der Waals surface area contributed by atoms with Crippen LogP contribution >= 0.6 is 0 Å². The molecule has 2 aromatic heterocycles. The van der Waals surface area contributed by atoms with Crippen LogP contribution in [0, 0.1) is 0 Å². The Hall–Kier alpha value is -2.44. The lowest BCUT2D eigenvalue weighted by Gasteiger charge is -2.10. The second kappa shape index (κ2) is 6.14. The summed E-state index contributed by atoms with van der Waals surface area (Å²) < 4.78 is 10.7. The summed E-state index contributed by atoms with van der Waals surface area (Å²) in [5.74, 6) is 1.56. The van der Waals surface area contributed by atoms with Crippen molar-refractivity contribution in [2.45, 2.75) is 20.0 Å². The van der Waals surface area contributed by atoms with Crippen LogP contribution < -0.4 is 14.8 Å². The first kappa shape index (κ1) is 14.0. The Morgan fingerprint density at radius 3 is 2.60 bits per heavy atom. The molecule has 0 aliphatic carbocycles. The van der Waals surface area contributed by atoms with Gasteiger partial charge in [-0.25, -0.2) is 0 Å². The molecular weight excluding hydrogens is 258 g/mol. The Morgan fingerprint density at radius 2 is 1.95 bits per heavy atom. The molecular formula is C13H17N5O2. The second-order valence-electron chi connectivity index (χ2n) is 4.30. The van der Waals surface area contributed by atoms with Crippen LogP contribution in [0.3, 0.4) is 0 Å². The number of hydrogen-bond donors (Lipinski definition) is 1. The van der Waals surface area contributed by atoms with E-state index in [1.165, 1.54) is 0 Å². The van der Waals surface area contributed by atoms with Gasteiger partial charge in [-0.1, -0.05) is 0 Å². The summed E-state index contributed by atoms with van der Waals surface area (Å²) in [4.78, 5) is 16.8. The van der Waals surface area contributed by atoms with E-state index in [2.05, 4.69) is 25.3 Å². The summed E-state index contributed by atoms with van der Waals surface area (Å²) in [6.45, 7) is 3.82. The van der Waals surface area contributed by atoms with Gasteiger partial charge in [0.1, 0.15) is 5.75 Å². The van der Waals surface area contributed by atoms with Gasteiger partial charge in [0.25, 0.3) is 0 Å². The first-order chi connectivity index (χ1) is 9.62. The lowest BCUT2D eigenvalue weighted by Crippen LogP contribution is -2.11. The van der Waals surface area contributed by atoms with Gasteiger partial charge >= 0.3 is 6.01 Å². The number of rotatable bonds is 5. The maximum Gasteiger partial charge on any atom is 0.322 e. The summed E-state index contributed by atoms with van der Waals surface area (Å²) in [5.41, 5.74) is 0.733. The first-order valence-corrected chi connectivity index (χ1v) is 6.22. The number of methoxy groups -OCH3 is 1. The largest absolute Gasteiger partial charge is 0.495 e. The molecule has 7 heteroatoms. The molecule has 0 saturated carbocycles. The Kier molecular flexibility index (Phi) is 4.29. The predicted molar refractivity (Wildman–Crippen MR) is 74.9 cm³/mol. The van der Waals surface area contributed by atoms with Crippen molar-refractivity contribution < 1.29 is 9.47 Å². The number of nitrogens with one attached hydrogen (secondary N) is 1. The average Bonchev–Trinajstić information content (AvgIpc) is 2.46. The Morgan fingerprint density at radius 1 is 1.15 bits per heavy atom. The number of nitrogens with zero attached hydrogens (tertiary/aromatic N) is 4. The van der Waals surface area contributed by atoms with Gasteiger partial charge < -0.3 is 14.8 Å². The van der Waals surface area contributed by atoms with Crippen LogP contribution in [0.2, 0.25) is 0 Å². The van der Waals surface area contributed by atoms with E-state index in [0.29, 0.717) is 17.5 Å². The molecule has 0 radical (unpaired) electrons. The van der Waals surface area contributed by atoms with Crippen LogP contribution in [-0.2, 0) is 0 Å². The molecule has 0 saturated heterocycles. The van der Waals surface area contributed by atoms with Gasteiger partial charge in [-0.3, -0.25) is 4.98 Å². The smallest absolute Gasteiger partial charge is 0.322 e. The molecule has 0 fully saturated rings. The van der Waals surface area contributed by atoms with Crippen molar-refractivity contribution in [1.29, 1.82) is 0 Å². The summed E-state index contributed by atoms with van der Waals surface area (Å²) in [6, 6.07) is 2.08. The number of pyridine rings is 1. The van der Waals surface area contributed by atoms with Crippen LogP contribution in [0.5, 0.6) is 11.8 Å². The first-order valence-electron chi connectivity index (χ1n) is 6.22. The lowest BCUT2D eigenvalue weighted by atomic mass is 10.2. The van der Waals surface area contributed by atoms with Gasteiger partial charge in [0, 0.05) is 18.8 Å².